The Morgan fingerprint density at radius 2 is 2.13 bits per heavy atom. The van der Waals surface area contributed by atoms with Gasteiger partial charge in [0.25, 0.3) is 5.91 Å². The van der Waals surface area contributed by atoms with Crippen molar-refractivity contribution in [2.45, 2.75) is 13.0 Å². The van der Waals surface area contributed by atoms with E-state index in [1.54, 1.807) is 24.3 Å². The largest absolute Gasteiger partial charge is 0.473 e. The first-order valence-corrected chi connectivity index (χ1v) is 6.59. The van der Waals surface area contributed by atoms with Crippen LogP contribution in [0.15, 0.2) is 42.6 Å². The van der Waals surface area contributed by atoms with Gasteiger partial charge in [0.2, 0.25) is 5.75 Å². The lowest BCUT2D eigenvalue weighted by molar-refractivity contribution is -0.390. The average molecular weight is 312 g/mol. The Labute approximate surface area is 131 Å². The van der Waals surface area contributed by atoms with Crippen LogP contribution >= 0.6 is 0 Å². The molecule has 2 aromatic rings. The summed E-state index contributed by atoms with van der Waals surface area (Å²) < 4.78 is 5.32. The van der Waals surface area contributed by atoms with Crippen LogP contribution in [0.2, 0.25) is 0 Å². The molecule has 1 heterocycles. The van der Waals surface area contributed by atoms with Crippen LogP contribution in [0, 0.1) is 21.4 Å². The lowest BCUT2D eigenvalue weighted by atomic mass is 10.2. The summed E-state index contributed by atoms with van der Waals surface area (Å²) in [7, 11) is 0. The summed E-state index contributed by atoms with van der Waals surface area (Å²) in [5.74, 6) is -1.11. The van der Waals surface area contributed by atoms with Gasteiger partial charge in [-0.15, -0.1) is 0 Å². The van der Waals surface area contributed by atoms with Crippen LogP contribution < -0.4 is 10.1 Å². The average Bonchev–Trinajstić information content (AvgIpc) is 2.55. The number of benzene rings is 1. The van der Waals surface area contributed by atoms with E-state index in [9.17, 15) is 14.9 Å². The number of amides is 1. The third-order valence-corrected chi connectivity index (χ3v) is 2.90. The first-order valence-electron chi connectivity index (χ1n) is 6.59. The van der Waals surface area contributed by atoms with E-state index in [2.05, 4.69) is 10.3 Å². The molecule has 1 N–H and O–H groups in total. The molecule has 0 spiro atoms. The highest BCUT2D eigenvalue weighted by molar-refractivity contribution is 5.95. The zero-order chi connectivity index (χ0) is 16.8. The highest BCUT2D eigenvalue weighted by atomic mass is 16.6. The van der Waals surface area contributed by atoms with Crippen LogP contribution in [0.5, 0.6) is 5.75 Å². The summed E-state index contributed by atoms with van der Waals surface area (Å²) in [4.78, 5) is 25.9. The van der Waals surface area contributed by atoms with E-state index in [1.165, 1.54) is 25.3 Å². The lowest BCUT2D eigenvalue weighted by Gasteiger charge is -2.14. The van der Waals surface area contributed by atoms with Crippen molar-refractivity contribution >= 4 is 17.4 Å². The number of nitriles is 1. The van der Waals surface area contributed by atoms with Crippen LogP contribution in [0.25, 0.3) is 0 Å². The van der Waals surface area contributed by atoms with Gasteiger partial charge < -0.3 is 20.2 Å². The fourth-order valence-electron chi connectivity index (χ4n) is 1.78. The van der Waals surface area contributed by atoms with E-state index in [0.29, 0.717) is 11.3 Å². The fraction of sp³-hybridized carbons (Fsp3) is 0.133. The van der Waals surface area contributed by atoms with Crippen molar-refractivity contribution in [2.75, 3.05) is 5.32 Å². The van der Waals surface area contributed by atoms with Crippen LogP contribution in [0.3, 0.4) is 0 Å². The molecule has 0 aliphatic rings. The topological polar surface area (TPSA) is 118 Å². The fourth-order valence-corrected chi connectivity index (χ4v) is 1.78. The molecular formula is C15H12N4O4. The maximum Gasteiger partial charge on any atom is 0.406 e. The number of pyridine rings is 1. The van der Waals surface area contributed by atoms with Gasteiger partial charge in [-0.25, -0.2) is 0 Å². The van der Waals surface area contributed by atoms with Crippen LogP contribution in [-0.2, 0) is 4.79 Å². The van der Waals surface area contributed by atoms with Gasteiger partial charge in [0, 0.05) is 0 Å². The number of hydrogen-bond acceptors (Lipinski definition) is 6. The summed E-state index contributed by atoms with van der Waals surface area (Å²) in [6.45, 7) is 1.45. The number of carbonyl (C=O) groups excluding carboxylic acids is 1. The summed E-state index contributed by atoms with van der Waals surface area (Å²) in [5, 5.41) is 22.4. The van der Waals surface area contributed by atoms with Gasteiger partial charge >= 0.3 is 5.82 Å². The maximum atomic E-state index is 12.1. The van der Waals surface area contributed by atoms with Crippen molar-refractivity contribution in [3.63, 3.8) is 0 Å². The molecule has 23 heavy (non-hydrogen) atoms. The van der Waals surface area contributed by atoms with E-state index in [1.807, 2.05) is 6.07 Å². The van der Waals surface area contributed by atoms with E-state index < -0.39 is 22.8 Å². The Hall–Kier alpha value is -3.47. The molecule has 2 rings (SSSR count). The van der Waals surface area contributed by atoms with E-state index in [0.717, 1.165) is 0 Å². The number of nitro groups is 1. The minimum Gasteiger partial charge on any atom is -0.473 e. The number of nitrogens with one attached hydrogen (secondary N) is 1. The Morgan fingerprint density at radius 1 is 1.39 bits per heavy atom. The van der Waals surface area contributed by atoms with Gasteiger partial charge in [-0.1, -0.05) is 12.1 Å². The van der Waals surface area contributed by atoms with E-state index >= 15 is 0 Å². The molecule has 0 aliphatic carbocycles. The number of carbonyl (C=O) groups is 1. The van der Waals surface area contributed by atoms with Gasteiger partial charge in [0.1, 0.15) is 12.3 Å². The van der Waals surface area contributed by atoms with Gasteiger partial charge in [-0.2, -0.15) is 5.26 Å². The predicted molar refractivity (Wildman–Crippen MR) is 80.8 cm³/mol. The number of ether oxygens (including phenoxy) is 1. The SMILES string of the molecule is CC(Oc1cccnc1[N+](=O)[O-])C(=O)Nc1ccccc1C#N. The number of aromatic nitrogens is 1. The predicted octanol–water partition coefficient (Wildman–Crippen LogP) is 2.27. The van der Waals surface area contributed by atoms with Crippen molar-refractivity contribution in [2.24, 2.45) is 0 Å². The van der Waals surface area contributed by atoms with E-state index in [4.69, 9.17) is 10.00 Å². The van der Waals surface area contributed by atoms with Crippen LogP contribution in [-0.4, -0.2) is 21.9 Å². The Morgan fingerprint density at radius 3 is 2.83 bits per heavy atom. The van der Waals surface area contributed by atoms with Crippen molar-refractivity contribution in [1.82, 2.24) is 4.98 Å². The molecule has 0 saturated heterocycles. The number of nitrogens with zero attached hydrogens (tertiary/aromatic N) is 3. The Bertz CT molecular complexity index is 785. The lowest BCUT2D eigenvalue weighted by Crippen LogP contribution is -2.30. The molecule has 1 amide bonds. The molecule has 8 nitrogen and oxygen atoms in total. The quantitative estimate of drug-likeness (QED) is 0.668. The molecular weight excluding hydrogens is 300 g/mol. The molecule has 8 heteroatoms. The third kappa shape index (κ3) is 3.79. The standard InChI is InChI=1S/C15H12N4O4/c1-10(23-13-7-4-8-17-14(13)19(21)22)15(20)18-12-6-3-2-5-11(12)9-16/h2-8,10H,1H3,(H,18,20). The number of anilines is 1. The van der Waals surface area contributed by atoms with E-state index in [-0.39, 0.29) is 5.75 Å². The third-order valence-electron chi connectivity index (χ3n) is 2.90. The minimum absolute atomic E-state index is 0.103. The zero-order valence-electron chi connectivity index (χ0n) is 12.1. The minimum atomic E-state index is -1.01. The molecule has 0 saturated carbocycles. The Balaban J connectivity index is 2.12. The van der Waals surface area contributed by atoms with Crippen molar-refractivity contribution in [3.05, 3.63) is 58.3 Å². The first-order chi connectivity index (χ1) is 11.0. The number of rotatable bonds is 5. The normalized spacial score (nSPS) is 11.1. The first kappa shape index (κ1) is 15.9. The molecule has 0 aliphatic heterocycles. The molecule has 1 unspecified atom stereocenters. The summed E-state index contributed by atoms with van der Waals surface area (Å²) >= 11 is 0. The second kappa shape index (κ2) is 7.00. The van der Waals surface area contributed by atoms with Crippen molar-refractivity contribution in [3.8, 4) is 11.8 Å². The molecule has 1 aromatic heterocycles. The summed E-state index contributed by atoms with van der Waals surface area (Å²) in [6, 6.07) is 11.3. The second-order valence-corrected chi connectivity index (χ2v) is 4.49. The number of para-hydroxylation sites is 1. The molecule has 0 bridgehead atoms. The second-order valence-electron chi connectivity index (χ2n) is 4.49. The van der Waals surface area contributed by atoms with Crippen molar-refractivity contribution in [1.29, 1.82) is 5.26 Å². The molecule has 0 fully saturated rings. The Kier molecular flexibility index (Phi) is 4.84. The van der Waals surface area contributed by atoms with Crippen LogP contribution in [0.1, 0.15) is 12.5 Å². The van der Waals surface area contributed by atoms with Gasteiger partial charge in [-0.05, 0) is 41.1 Å². The monoisotopic (exact) mass is 312 g/mol. The van der Waals surface area contributed by atoms with Gasteiger partial charge in [0.15, 0.2) is 6.10 Å². The summed E-state index contributed by atoms with van der Waals surface area (Å²) in [5.41, 5.74) is 0.650. The maximum absolute atomic E-state index is 12.1. The smallest absolute Gasteiger partial charge is 0.406 e. The van der Waals surface area contributed by atoms with Crippen LogP contribution in [0.4, 0.5) is 11.5 Å². The highest BCUT2D eigenvalue weighted by Crippen LogP contribution is 2.24. The molecule has 116 valence electrons. The highest BCUT2D eigenvalue weighted by Gasteiger charge is 2.22. The molecule has 1 atom stereocenters. The van der Waals surface area contributed by atoms with Gasteiger partial charge in [0.05, 0.1) is 11.3 Å². The summed E-state index contributed by atoms with van der Waals surface area (Å²) in [6.07, 6.45) is 0.253. The molecule has 0 radical (unpaired) electrons. The van der Waals surface area contributed by atoms with Gasteiger partial charge in [-0.3, -0.25) is 4.79 Å². The van der Waals surface area contributed by atoms with Crippen molar-refractivity contribution < 1.29 is 14.5 Å². The number of hydrogen-bond donors (Lipinski definition) is 1. The molecule has 1 aromatic carbocycles. The zero-order valence-corrected chi connectivity index (χ0v) is 12.1.